The summed E-state index contributed by atoms with van der Waals surface area (Å²) >= 11 is 1.91. The molecule has 2 fully saturated rings. The lowest BCUT2D eigenvalue weighted by atomic mass is 10.1. The van der Waals surface area contributed by atoms with Crippen LogP contribution < -0.4 is 14.8 Å². The van der Waals surface area contributed by atoms with E-state index < -0.39 is 0 Å². The predicted molar refractivity (Wildman–Crippen MR) is 76.3 cm³/mol. The lowest BCUT2D eigenvalue weighted by molar-refractivity contribution is 0.0274. The number of nitrogens with one attached hydrogen (secondary N) is 1. The molecule has 0 radical (unpaired) electrons. The summed E-state index contributed by atoms with van der Waals surface area (Å²) in [6.45, 7) is 2.53. The van der Waals surface area contributed by atoms with Crippen molar-refractivity contribution in [1.29, 1.82) is 0 Å². The van der Waals surface area contributed by atoms with Crippen molar-refractivity contribution in [2.45, 2.75) is 12.2 Å². The maximum absolute atomic E-state index is 5.98. The molecule has 0 aliphatic carbocycles. The fraction of sp³-hybridized carbons (Fsp3) is 0.571. The zero-order valence-electron chi connectivity index (χ0n) is 11.1. The molecule has 2 aliphatic heterocycles. The highest BCUT2D eigenvalue weighted by Gasteiger charge is 2.23. The number of morpholine rings is 1. The van der Waals surface area contributed by atoms with Crippen LogP contribution in [0.15, 0.2) is 18.2 Å². The summed E-state index contributed by atoms with van der Waals surface area (Å²) in [6, 6.07) is 6.08. The molecule has 1 aromatic carbocycles. The molecule has 4 nitrogen and oxygen atoms in total. The van der Waals surface area contributed by atoms with Crippen LogP contribution in [0, 0.1) is 0 Å². The summed E-state index contributed by atoms with van der Waals surface area (Å²) in [5.74, 6) is 3.76. The van der Waals surface area contributed by atoms with Gasteiger partial charge in [0.25, 0.3) is 0 Å². The van der Waals surface area contributed by atoms with Gasteiger partial charge in [0, 0.05) is 24.6 Å². The third-order valence-corrected chi connectivity index (χ3v) is 4.60. The zero-order valence-corrected chi connectivity index (χ0v) is 11.9. The molecule has 1 unspecified atom stereocenters. The summed E-state index contributed by atoms with van der Waals surface area (Å²) in [6.07, 6.45) is 0.428. The van der Waals surface area contributed by atoms with Gasteiger partial charge in [-0.25, -0.2) is 0 Å². The van der Waals surface area contributed by atoms with Crippen LogP contribution in [0.5, 0.6) is 11.5 Å². The van der Waals surface area contributed by atoms with E-state index in [0.717, 1.165) is 48.3 Å². The Morgan fingerprint density at radius 2 is 2.21 bits per heavy atom. The molecule has 104 valence electrons. The van der Waals surface area contributed by atoms with E-state index in [1.807, 2.05) is 17.8 Å². The van der Waals surface area contributed by atoms with Crippen LogP contribution in [0.2, 0.25) is 0 Å². The number of rotatable bonds is 4. The van der Waals surface area contributed by atoms with Crippen molar-refractivity contribution in [3.63, 3.8) is 0 Å². The molecule has 0 bridgehead atoms. The smallest absolute Gasteiger partial charge is 0.162 e. The van der Waals surface area contributed by atoms with E-state index in [1.165, 1.54) is 0 Å². The first-order valence-electron chi connectivity index (χ1n) is 6.61. The van der Waals surface area contributed by atoms with Crippen LogP contribution >= 0.6 is 11.8 Å². The Hall–Kier alpha value is -0.910. The van der Waals surface area contributed by atoms with Crippen molar-refractivity contribution in [2.24, 2.45) is 0 Å². The number of ether oxygens (including phenoxy) is 3. The molecule has 0 saturated carbocycles. The molecule has 0 spiro atoms. The van der Waals surface area contributed by atoms with E-state index in [0.29, 0.717) is 6.10 Å². The maximum atomic E-state index is 5.98. The van der Waals surface area contributed by atoms with Gasteiger partial charge in [-0.2, -0.15) is 11.8 Å². The SMILES string of the molecule is COc1ccc(C2CNCCO2)cc1OC1CSC1. The summed E-state index contributed by atoms with van der Waals surface area (Å²) in [5, 5.41) is 3.34. The van der Waals surface area contributed by atoms with Crippen molar-refractivity contribution in [1.82, 2.24) is 5.32 Å². The summed E-state index contributed by atoms with van der Waals surface area (Å²) < 4.78 is 17.1. The number of hydrogen-bond acceptors (Lipinski definition) is 5. The fourth-order valence-corrected chi connectivity index (χ4v) is 2.79. The van der Waals surface area contributed by atoms with Crippen LogP contribution in [-0.2, 0) is 4.74 Å². The van der Waals surface area contributed by atoms with Crippen LogP contribution in [0.3, 0.4) is 0 Å². The molecular weight excluding hydrogens is 262 g/mol. The topological polar surface area (TPSA) is 39.7 Å². The Labute approximate surface area is 117 Å². The molecule has 2 aliphatic rings. The Morgan fingerprint density at radius 1 is 1.32 bits per heavy atom. The summed E-state index contributed by atoms with van der Waals surface area (Å²) in [4.78, 5) is 0. The van der Waals surface area contributed by atoms with Crippen molar-refractivity contribution in [3.8, 4) is 11.5 Å². The molecule has 0 amide bonds. The van der Waals surface area contributed by atoms with E-state index in [2.05, 4.69) is 17.4 Å². The second kappa shape index (κ2) is 6.03. The lowest BCUT2D eigenvalue weighted by Crippen LogP contribution is -2.33. The van der Waals surface area contributed by atoms with Gasteiger partial charge < -0.3 is 19.5 Å². The van der Waals surface area contributed by atoms with Gasteiger partial charge >= 0.3 is 0 Å². The standard InChI is InChI=1S/C14H19NO3S/c1-16-12-3-2-10(14-7-15-4-5-17-14)6-13(12)18-11-8-19-9-11/h2-3,6,11,14-15H,4-5,7-9H2,1H3. The minimum Gasteiger partial charge on any atom is -0.493 e. The third-order valence-electron chi connectivity index (χ3n) is 3.39. The van der Waals surface area contributed by atoms with E-state index in [1.54, 1.807) is 7.11 Å². The van der Waals surface area contributed by atoms with Crippen molar-refractivity contribution < 1.29 is 14.2 Å². The average Bonchev–Trinajstić information content (AvgIpc) is 2.43. The Balaban J connectivity index is 1.78. The quantitative estimate of drug-likeness (QED) is 0.912. The van der Waals surface area contributed by atoms with Crippen LogP contribution in [0.4, 0.5) is 0 Å². The van der Waals surface area contributed by atoms with Gasteiger partial charge in [0.1, 0.15) is 6.10 Å². The van der Waals surface area contributed by atoms with Crippen molar-refractivity contribution in [3.05, 3.63) is 23.8 Å². The second-order valence-electron chi connectivity index (χ2n) is 4.75. The molecule has 2 saturated heterocycles. The Morgan fingerprint density at radius 3 is 2.84 bits per heavy atom. The normalized spacial score (nSPS) is 23.7. The molecule has 5 heteroatoms. The summed E-state index contributed by atoms with van der Waals surface area (Å²) in [7, 11) is 1.68. The first-order valence-corrected chi connectivity index (χ1v) is 7.77. The Kier molecular flexibility index (Phi) is 4.15. The highest BCUT2D eigenvalue weighted by molar-refractivity contribution is 8.00. The highest BCUT2D eigenvalue weighted by atomic mass is 32.2. The molecule has 1 N–H and O–H groups in total. The van der Waals surface area contributed by atoms with Gasteiger partial charge in [0.05, 0.1) is 19.8 Å². The molecular formula is C14H19NO3S. The van der Waals surface area contributed by atoms with E-state index in [-0.39, 0.29) is 6.10 Å². The molecule has 1 aromatic rings. The van der Waals surface area contributed by atoms with Gasteiger partial charge in [0.15, 0.2) is 11.5 Å². The summed E-state index contributed by atoms with van der Waals surface area (Å²) in [5.41, 5.74) is 1.15. The van der Waals surface area contributed by atoms with Gasteiger partial charge in [-0.1, -0.05) is 6.07 Å². The van der Waals surface area contributed by atoms with Gasteiger partial charge in [-0.15, -0.1) is 0 Å². The minimum absolute atomic E-state index is 0.109. The molecule has 0 aromatic heterocycles. The van der Waals surface area contributed by atoms with Crippen molar-refractivity contribution >= 4 is 11.8 Å². The highest BCUT2D eigenvalue weighted by Crippen LogP contribution is 2.34. The number of thioether (sulfide) groups is 1. The zero-order chi connectivity index (χ0) is 13.1. The van der Waals surface area contributed by atoms with E-state index >= 15 is 0 Å². The van der Waals surface area contributed by atoms with Crippen LogP contribution in [0.25, 0.3) is 0 Å². The van der Waals surface area contributed by atoms with E-state index in [9.17, 15) is 0 Å². The predicted octanol–water partition coefficient (Wildman–Crippen LogP) is 1.85. The third kappa shape index (κ3) is 2.99. The average molecular weight is 281 g/mol. The number of benzene rings is 1. The molecule has 19 heavy (non-hydrogen) atoms. The molecule has 3 rings (SSSR count). The van der Waals surface area contributed by atoms with Gasteiger partial charge in [-0.05, 0) is 17.7 Å². The first-order chi connectivity index (χ1) is 9.36. The fourth-order valence-electron chi connectivity index (χ4n) is 2.23. The number of hydrogen-bond donors (Lipinski definition) is 1. The molecule has 1 atom stereocenters. The minimum atomic E-state index is 0.109. The number of methoxy groups -OCH3 is 1. The van der Waals surface area contributed by atoms with Gasteiger partial charge in [-0.3, -0.25) is 0 Å². The Bertz CT molecular complexity index is 431. The first kappa shape index (κ1) is 13.1. The van der Waals surface area contributed by atoms with E-state index in [4.69, 9.17) is 14.2 Å². The van der Waals surface area contributed by atoms with Crippen LogP contribution in [0.1, 0.15) is 11.7 Å². The maximum Gasteiger partial charge on any atom is 0.162 e. The molecule has 2 heterocycles. The largest absolute Gasteiger partial charge is 0.493 e. The monoisotopic (exact) mass is 281 g/mol. The van der Waals surface area contributed by atoms with Gasteiger partial charge in [0.2, 0.25) is 0 Å². The van der Waals surface area contributed by atoms with Crippen molar-refractivity contribution in [2.75, 3.05) is 38.3 Å². The van der Waals surface area contributed by atoms with Crippen LogP contribution in [-0.4, -0.2) is 44.4 Å². The second-order valence-corrected chi connectivity index (χ2v) is 5.83. The lowest BCUT2D eigenvalue weighted by Gasteiger charge is -2.28.